The minimum Gasteiger partial charge on any atom is -0.376 e. The van der Waals surface area contributed by atoms with Gasteiger partial charge >= 0.3 is 0 Å². The maximum atomic E-state index is 12.2. The molecule has 0 bridgehead atoms. The highest BCUT2D eigenvalue weighted by Crippen LogP contribution is 2.20. The summed E-state index contributed by atoms with van der Waals surface area (Å²) in [6.45, 7) is 7.79. The van der Waals surface area contributed by atoms with Gasteiger partial charge in [0.05, 0.1) is 6.54 Å². The van der Waals surface area contributed by atoms with E-state index in [1.807, 2.05) is 33.8 Å². The third-order valence-electron chi connectivity index (χ3n) is 3.54. The fourth-order valence-electron chi connectivity index (χ4n) is 2.32. The molecular formula is C20H24ClN3O2. The highest BCUT2D eigenvalue weighted by molar-refractivity contribution is 6.30. The lowest BCUT2D eigenvalue weighted by molar-refractivity contribution is -0.114. The third kappa shape index (κ3) is 6.08. The molecule has 0 aliphatic carbocycles. The number of hydrogen-bond donors (Lipinski definition) is 3. The van der Waals surface area contributed by atoms with Crippen LogP contribution in [0.4, 0.5) is 11.4 Å². The Hall–Kier alpha value is -2.53. The van der Waals surface area contributed by atoms with Crippen molar-refractivity contribution < 1.29 is 9.59 Å². The van der Waals surface area contributed by atoms with E-state index in [0.717, 1.165) is 11.3 Å². The van der Waals surface area contributed by atoms with Gasteiger partial charge in [0, 0.05) is 27.5 Å². The molecule has 0 radical (unpaired) electrons. The van der Waals surface area contributed by atoms with E-state index in [2.05, 4.69) is 16.0 Å². The predicted molar refractivity (Wildman–Crippen MR) is 107 cm³/mol. The molecule has 0 fully saturated rings. The highest BCUT2D eigenvalue weighted by atomic mass is 35.5. The van der Waals surface area contributed by atoms with Crippen molar-refractivity contribution >= 4 is 34.8 Å². The highest BCUT2D eigenvalue weighted by Gasteiger charge is 2.15. The number of halogens is 1. The van der Waals surface area contributed by atoms with E-state index in [1.54, 1.807) is 36.4 Å². The molecule has 0 heterocycles. The van der Waals surface area contributed by atoms with Gasteiger partial charge in [0.25, 0.3) is 5.91 Å². The SMILES string of the molecule is Cc1ccc(Cl)cc1NCC(=O)Nc1cccc(C(=O)NC(C)(C)C)c1. The number of benzene rings is 2. The Morgan fingerprint density at radius 2 is 1.81 bits per heavy atom. The summed E-state index contributed by atoms with van der Waals surface area (Å²) >= 11 is 5.98. The Morgan fingerprint density at radius 1 is 1.08 bits per heavy atom. The monoisotopic (exact) mass is 373 g/mol. The first-order chi connectivity index (χ1) is 12.1. The molecule has 0 aromatic heterocycles. The molecule has 0 aliphatic rings. The fraction of sp³-hybridized carbons (Fsp3) is 0.300. The van der Waals surface area contributed by atoms with E-state index in [1.165, 1.54) is 0 Å². The normalized spacial score (nSPS) is 11.0. The summed E-state index contributed by atoms with van der Waals surface area (Å²) in [5.41, 5.74) is 2.56. The molecule has 3 N–H and O–H groups in total. The van der Waals surface area contributed by atoms with Crippen molar-refractivity contribution in [2.75, 3.05) is 17.2 Å². The molecule has 0 atom stereocenters. The summed E-state index contributed by atoms with van der Waals surface area (Å²) in [4.78, 5) is 24.4. The second kappa shape index (κ2) is 8.23. The molecule has 0 spiro atoms. The summed E-state index contributed by atoms with van der Waals surface area (Å²) in [5, 5.41) is 9.36. The van der Waals surface area contributed by atoms with E-state index in [9.17, 15) is 9.59 Å². The summed E-state index contributed by atoms with van der Waals surface area (Å²) in [6.07, 6.45) is 0. The Labute approximate surface area is 159 Å². The zero-order chi connectivity index (χ0) is 19.3. The van der Waals surface area contributed by atoms with Crippen LogP contribution < -0.4 is 16.0 Å². The van der Waals surface area contributed by atoms with Crippen molar-refractivity contribution in [3.05, 3.63) is 58.6 Å². The van der Waals surface area contributed by atoms with Crippen LogP contribution in [0, 0.1) is 6.92 Å². The van der Waals surface area contributed by atoms with E-state index in [4.69, 9.17) is 11.6 Å². The first-order valence-corrected chi connectivity index (χ1v) is 8.74. The molecule has 2 aromatic rings. The van der Waals surface area contributed by atoms with E-state index < -0.39 is 0 Å². The predicted octanol–water partition coefficient (Wildman–Crippen LogP) is 4.23. The number of aryl methyl sites for hydroxylation is 1. The average molecular weight is 374 g/mol. The lowest BCUT2D eigenvalue weighted by Gasteiger charge is -2.20. The molecule has 2 aromatic carbocycles. The molecule has 6 heteroatoms. The van der Waals surface area contributed by atoms with Crippen LogP contribution in [-0.2, 0) is 4.79 Å². The number of hydrogen-bond acceptors (Lipinski definition) is 3. The summed E-state index contributed by atoms with van der Waals surface area (Å²) in [7, 11) is 0. The van der Waals surface area contributed by atoms with Gasteiger partial charge in [0.15, 0.2) is 0 Å². The molecule has 0 saturated heterocycles. The van der Waals surface area contributed by atoms with Gasteiger partial charge in [-0.2, -0.15) is 0 Å². The maximum Gasteiger partial charge on any atom is 0.251 e. The minimum atomic E-state index is -0.324. The standard InChI is InChI=1S/C20H24ClN3O2/c1-13-8-9-15(21)11-17(13)22-12-18(25)23-16-7-5-6-14(10-16)19(26)24-20(2,3)4/h5-11,22H,12H2,1-4H3,(H,23,25)(H,24,26). The van der Waals surface area contributed by atoms with Crippen LogP contribution in [0.2, 0.25) is 5.02 Å². The zero-order valence-electron chi connectivity index (χ0n) is 15.4. The molecule has 5 nitrogen and oxygen atoms in total. The van der Waals surface area contributed by atoms with E-state index in [0.29, 0.717) is 16.3 Å². The van der Waals surface area contributed by atoms with Gasteiger partial charge in [-0.05, 0) is 63.6 Å². The number of rotatable bonds is 5. The molecular weight excluding hydrogens is 350 g/mol. The average Bonchev–Trinajstić information content (AvgIpc) is 2.54. The lowest BCUT2D eigenvalue weighted by atomic mass is 10.1. The zero-order valence-corrected chi connectivity index (χ0v) is 16.2. The van der Waals surface area contributed by atoms with Crippen LogP contribution in [0.25, 0.3) is 0 Å². The van der Waals surface area contributed by atoms with Crippen LogP contribution in [-0.4, -0.2) is 23.9 Å². The van der Waals surface area contributed by atoms with E-state index in [-0.39, 0.29) is 23.9 Å². The number of nitrogens with one attached hydrogen (secondary N) is 3. The number of carbonyl (C=O) groups is 2. The molecule has 0 aliphatic heterocycles. The Kier molecular flexibility index (Phi) is 6.27. The van der Waals surface area contributed by atoms with Crippen molar-refractivity contribution in [2.45, 2.75) is 33.2 Å². The molecule has 26 heavy (non-hydrogen) atoms. The maximum absolute atomic E-state index is 12.2. The molecule has 2 amide bonds. The van der Waals surface area contributed by atoms with Gasteiger partial charge in [-0.1, -0.05) is 23.7 Å². The summed E-state index contributed by atoms with van der Waals surface area (Å²) in [6, 6.07) is 12.3. The Balaban J connectivity index is 1.98. The summed E-state index contributed by atoms with van der Waals surface area (Å²) in [5.74, 6) is -0.390. The van der Waals surface area contributed by atoms with Crippen LogP contribution in [0.5, 0.6) is 0 Å². The molecule has 2 rings (SSSR count). The van der Waals surface area contributed by atoms with Crippen LogP contribution >= 0.6 is 11.6 Å². The van der Waals surface area contributed by atoms with Crippen LogP contribution in [0.15, 0.2) is 42.5 Å². The topological polar surface area (TPSA) is 70.2 Å². The van der Waals surface area contributed by atoms with Crippen LogP contribution in [0.1, 0.15) is 36.7 Å². The van der Waals surface area contributed by atoms with Crippen molar-refractivity contribution in [3.8, 4) is 0 Å². The Bertz CT molecular complexity index is 813. The van der Waals surface area contributed by atoms with Gasteiger partial charge in [-0.3, -0.25) is 9.59 Å². The number of anilines is 2. The quantitative estimate of drug-likeness (QED) is 0.734. The van der Waals surface area contributed by atoms with Crippen molar-refractivity contribution in [3.63, 3.8) is 0 Å². The fourth-order valence-corrected chi connectivity index (χ4v) is 2.49. The lowest BCUT2D eigenvalue weighted by Crippen LogP contribution is -2.40. The number of amides is 2. The molecule has 138 valence electrons. The van der Waals surface area contributed by atoms with Gasteiger partial charge in [0.1, 0.15) is 0 Å². The van der Waals surface area contributed by atoms with Crippen molar-refractivity contribution in [1.82, 2.24) is 5.32 Å². The second-order valence-corrected chi connectivity index (χ2v) is 7.58. The van der Waals surface area contributed by atoms with Crippen LogP contribution in [0.3, 0.4) is 0 Å². The van der Waals surface area contributed by atoms with Crippen molar-refractivity contribution in [2.24, 2.45) is 0 Å². The minimum absolute atomic E-state index is 0.0968. The van der Waals surface area contributed by atoms with Gasteiger partial charge in [0.2, 0.25) is 5.91 Å². The molecule has 0 saturated carbocycles. The van der Waals surface area contributed by atoms with Crippen molar-refractivity contribution in [1.29, 1.82) is 0 Å². The van der Waals surface area contributed by atoms with Gasteiger partial charge in [-0.15, -0.1) is 0 Å². The third-order valence-corrected chi connectivity index (χ3v) is 3.77. The van der Waals surface area contributed by atoms with Gasteiger partial charge < -0.3 is 16.0 Å². The second-order valence-electron chi connectivity index (χ2n) is 7.15. The van der Waals surface area contributed by atoms with E-state index >= 15 is 0 Å². The van der Waals surface area contributed by atoms with Gasteiger partial charge in [-0.25, -0.2) is 0 Å². The number of carbonyl (C=O) groups excluding carboxylic acids is 2. The Morgan fingerprint density at radius 3 is 2.50 bits per heavy atom. The summed E-state index contributed by atoms with van der Waals surface area (Å²) < 4.78 is 0. The smallest absolute Gasteiger partial charge is 0.251 e. The molecule has 0 unspecified atom stereocenters. The largest absolute Gasteiger partial charge is 0.376 e. The first-order valence-electron chi connectivity index (χ1n) is 8.36. The first kappa shape index (κ1) is 19.8.